The zero-order chi connectivity index (χ0) is 22.1. The number of aryl methyl sites for hydroxylation is 1. The van der Waals surface area contributed by atoms with Crippen molar-refractivity contribution in [1.82, 2.24) is 9.88 Å². The Morgan fingerprint density at radius 1 is 1.00 bits per heavy atom. The Labute approximate surface area is 183 Å². The van der Waals surface area contributed by atoms with E-state index in [0.29, 0.717) is 43.4 Å². The van der Waals surface area contributed by atoms with Crippen molar-refractivity contribution in [3.63, 3.8) is 0 Å². The van der Waals surface area contributed by atoms with E-state index in [4.69, 9.17) is 14.2 Å². The number of aromatic nitrogens is 1. The van der Waals surface area contributed by atoms with E-state index in [1.54, 1.807) is 42.5 Å². The van der Waals surface area contributed by atoms with Crippen molar-refractivity contribution in [2.45, 2.75) is 20.5 Å². The van der Waals surface area contributed by atoms with Crippen LogP contribution < -0.4 is 14.2 Å². The summed E-state index contributed by atoms with van der Waals surface area (Å²) < 4.78 is 17.3. The van der Waals surface area contributed by atoms with Crippen LogP contribution in [-0.2, 0) is 6.61 Å². The SMILES string of the molecule is CCOc1cc(C(=O)N(C)CCOc2ccc(C)cc2)ccc1OCc1cccnc1. The summed E-state index contributed by atoms with van der Waals surface area (Å²) in [5.74, 6) is 1.82. The molecule has 0 spiro atoms. The summed E-state index contributed by atoms with van der Waals surface area (Å²) in [7, 11) is 1.76. The summed E-state index contributed by atoms with van der Waals surface area (Å²) in [5, 5.41) is 0. The third-order valence-electron chi connectivity index (χ3n) is 4.67. The Morgan fingerprint density at radius 2 is 1.81 bits per heavy atom. The van der Waals surface area contributed by atoms with Crippen molar-refractivity contribution in [3.05, 3.63) is 83.7 Å². The average molecular weight is 421 g/mol. The van der Waals surface area contributed by atoms with E-state index in [1.807, 2.05) is 50.2 Å². The minimum absolute atomic E-state index is 0.104. The first-order chi connectivity index (χ1) is 15.1. The molecule has 1 heterocycles. The second kappa shape index (κ2) is 11.0. The van der Waals surface area contributed by atoms with E-state index >= 15 is 0 Å². The number of benzene rings is 2. The Bertz CT molecular complexity index is 975. The minimum atomic E-state index is -0.104. The molecule has 162 valence electrons. The maximum Gasteiger partial charge on any atom is 0.253 e. The number of likely N-dealkylation sites (N-methyl/N-ethyl adjacent to an activating group) is 1. The summed E-state index contributed by atoms with van der Waals surface area (Å²) in [4.78, 5) is 18.6. The number of carbonyl (C=O) groups is 1. The van der Waals surface area contributed by atoms with Gasteiger partial charge in [0.1, 0.15) is 19.0 Å². The van der Waals surface area contributed by atoms with Gasteiger partial charge in [0.2, 0.25) is 0 Å². The van der Waals surface area contributed by atoms with E-state index in [-0.39, 0.29) is 5.91 Å². The number of ether oxygens (including phenoxy) is 3. The van der Waals surface area contributed by atoms with Crippen LogP contribution in [0.3, 0.4) is 0 Å². The quantitative estimate of drug-likeness (QED) is 0.483. The highest BCUT2D eigenvalue weighted by Crippen LogP contribution is 2.29. The van der Waals surface area contributed by atoms with Gasteiger partial charge in [-0.15, -0.1) is 0 Å². The average Bonchev–Trinajstić information content (AvgIpc) is 2.80. The summed E-state index contributed by atoms with van der Waals surface area (Å²) in [6, 6.07) is 16.9. The summed E-state index contributed by atoms with van der Waals surface area (Å²) in [6.45, 7) is 5.65. The molecule has 0 aliphatic heterocycles. The zero-order valence-electron chi connectivity index (χ0n) is 18.2. The summed E-state index contributed by atoms with van der Waals surface area (Å²) >= 11 is 0. The maximum absolute atomic E-state index is 12.8. The van der Waals surface area contributed by atoms with Gasteiger partial charge in [0.05, 0.1) is 13.2 Å². The molecular formula is C25H28N2O4. The van der Waals surface area contributed by atoms with Gasteiger partial charge in [0, 0.05) is 30.6 Å². The number of amides is 1. The van der Waals surface area contributed by atoms with Crippen molar-refractivity contribution in [3.8, 4) is 17.2 Å². The van der Waals surface area contributed by atoms with E-state index < -0.39 is 0 Å². The molecule has 6 heteroatoms. The highest BCUT2D eigenvalue weighted by molar-refractivity contribution is 5.94. The van der Waals surface area contributed by atoms with Crippen molar-refractivity contribution >= 4 is 5.91 Å². The molecular weight excluding hydrogens is 392 g/mol. The van der Waals surface area contributed by atoms with Gasteiger partial charge >= 0.3 is 0 Å². The lowest BCUT2D eigenvalue weighted by Crippen LogP contribution is -2.30. The van der Waals surface area contributed by atoms with Gasteiger partial charge in [0.15, 0.2) is 11.5 Å². The fraction of sp³-hybridized carbons (Fsp3) is 0.280. The second-order valence-electron chi connectivity index (χ2n) is 7.13. The van der Waals surface area contributed by atoms with Crippen molar-refractivity contribution in [2.24, 2.45) is 0 Å². The van der Waals surface area contributed by atoms with Crippen molar-refractivity contribution < 1.29 is 19.0 Å². The monoisotopic (exact) mass is 420 g/mol. The molecule has 0 N–H and O–H groups in total. The molecule has 1 amide bonds. The minimum Gasteiger partial charge on any atom is -0.492 e. The van der Waals surface area contributed by atoms with E-state index in [0.717, 1.165) is 11.3 Å². The van der Waals surface area contributed by atoms with Gasteiger partial charge in [-0.25, -0.2) is 0 Å². The van der Waals surface area contributed by atoms with Crippen LogP contribution in [0.15, 0.2) is 67.0 Å². The second-order valence-corrected chi connectivity index (χ2v) is 7.13. The highest BCUT2D eigenvalue weighted by atomic mass is 16.5. The molecule has 0 radical (unpaired) electrons. The third kappa shape index (κ3) is 6.47. The standard InChI is InChI=1S/C25H28N2O4/c1-4-29-24-16-21(9-12-23(24)31-18-20-6-5-13-26-17-20)25(28)27(3)14-15-30-22-10-7-19(2)8-11-22/h5-13,16-17H,4,14-15,18H2,1-3H3. The first-order valence-electron chi connectivity index (χ1n) is 10.3. The topological polar surface area (TPSA) is 60.9 Å². The van der Waals surface area contributed by atoms with Crippen LogP contribution in [0, 0.1) is 6.92 Å². The fourth-order valence-electron chi connectivity index (χ4n) is 2.93. The predicted molar refractivity (Wildman–Crippen MR) is 120 cm³/mol. The van der Waals surface area contributed by atoms with Crippen molar-refractivity contribution in [2.75, 3.05) is 26.8 Å². The number of nitrogens with zero attached hydrogens (tertiary/aromatic N) is 2. The first kappa shape index (κ1) is 22.2. The molecule has 0 bridgehead atoms. The Hall–Kier alpha value is -3.54. The molecule has 1 aromatic heterocycles. The predicted octanol–water partition coefficient (Wildman–Crippen LogP) is 4.52. The van der Waals surface area contributed by atoms with Crippen LogP contribution in [0.4, 0.5) is 0 Å². The molecule has 0 fully saturated rings. The Kier molecular flexibility index (Phi) is 7.87. The van der Waals surface area contributed by atoms with Crippen LogP contribution in [-0.4, -0.2) is 42.6 Å². The number of rotatable bonds is 10. The van der Waals surface area contributed by atoms with Crippen LogP contribution >= 0.6 is 0 Å². The fourth-order valence-corrected chi connectivity index (χ4v) is 2.93. The molecule has 31 heavy (non-hydrogen) atoms. The maximum atomic E-state index is 12.8. The van der Waals surface area contributed by atoms with E-state index in [2.05, 4.69) is 4.98 Å². The van der Waals surface area contributed by atoms with Crippen LogP contribution in [0.25, 0.3) is 0 Å². The molecule has 6 nitrogen and oxygen atoms in total. The lowest BCUT2D eigenvalue weighted by Gasteiger charge is -2.19. The van der Waals surface area contributed by atoms with Gasteiger partial charge in [-0.2, -0.15) is 0 Å². The Morgan fingerprint density at radius 3 is 2.52 bits per heavy atom. The molecule has 0 atom stereocenters. The highest BCUT2D eigenvalue weighted by Gasteiger charge is 2.15. The molecule has 0 unspecified atom stereocenters. The van der Waals surface area contributed by atoms with Crippen LogP contribution in [0.1, 0.15) is 28.4 Å². The number of hydrogen-bond donors (Lipinski definition) is 0. The van der Waals surface area contributed by atoms with Crippen LogP contribution in [0.5, 0.6) is 17.2 Å². The molecule has 0 saturated heterocycles. The van der Waals surface area contributed by atoms with Crippen molar-refractivity contribution in [1.29, 1.82) is 0 Å². The van der Waals surface area contributed by atoms with Crippen LogP contribution in [0.2, 0.25) is 0 Å². The zero-order valence-corrected chi connectivity index (χ0v) is 18.2. The third-order valence-corrected chi connectivity index (χ3v) is 4.67. The summed E-state index contributed by atoms with van der Waals surface area (Å²) in [5.41, 5.74) is 2.67. The Balaban J connectivity index is 1.60. The largest absolute Gasteiger partial charge is 0.492 e. The number of hydrogen-bond acceptors (Lipinski definition) is 5. The molecule has 0 saturated carbocycles. The molecule has 0 aliphatic rings. The number of pyridine rings is 1. The summed E-state index contributed by atoms with van der Waals surface area (Å²) in [6.07, 6.45) is 3.48. The van der Waals surface area contributed by atoms with Gasteiger partial charge in [-0.3, -0.25) is 9.78 Å². The lowest BCUT2D eigenvalue weighted by atomic mass is 10.1. The van der Waals surface area contributed by atoms with E-state index in [1.165, 1.54) is 5.56 Å². The van der Waals surface area contributed by atoms with Gasteiger partial charge in [-0.1, -0.05) is 23.8 Å². The van der Waals surface area contributed by atoms with Gasteiger partial charge in [-0.05, 0) is 50.2 Å². The number of carbonyl (C=O) groups excluding carboxylic acids is 1. The molecule has 0 aliphatic carbocycles. The normalized spacial score (nSPS) is 10.4. The first-order valence-corrected chi connectivity index (χ1v) is 10.3. The van der Waals surface area contributed by atoms with Gasteiger partial charge in [0.25, 0.3) is 5.91 Å². The molecule has 3 aromatic rings. The molecule has 2 aromatic carbocycles. The van der Waals surface area contributed by atoms with Gasteiger partial charge < -0.3 is 19.1 Å². The molecule has 3 rings (SSSR count). The van der Waals surface area contributed by atoms with E-state index in [9.17, 15) is 4.79 Å². The smallest absolute Gasteiger partial charge is 0.253 e. The lowest BCUT2D eigenvalue weighted by molar-refractivity contribution is 0.0773.